The minimum atomic E-state index is -0.158. The van der Waals surface area contributed by atoms with Gasteiger partial charge in [0.1, 0.15) is 11.6 Å². The summed E-state index contributed by atoms with van der Waals surface area (Å²) in [4.78, 5) is 33.6. The second-order valence-electron chi connectivity index (χ2n) is 7.99. The van der Waals surface area contributed by atoms with E-state index in [1.54, 1.807) is 13.8 Å². The molecule has 1 amide bonds. The average molecular weight is 455 g/mol. The molecule has 0 spiro atoms. The van der Waals surface area contributed by atoms with E-state index in [9.17, 15) is 4.79 Å². The van der Waals surface area contributed by atoms with Crippen LogP contribution < -0.4 is 16.0 Å². The van der Waals surface area contributed by atoms with Crippen LogP contribution in [0.25, 0.3) is 10.9 Å². The predicted octanol–water partition coefficient (Wildman–Crippen LogP) is 3.20. The van der Waals surface area contributed by atoms with E-state index in [1.165, 1.54) is 0 Å². The number of hydrogen-bond donors (Lipinski definition) is 2. The summed E-state index contributed by atoms with van der Waals surface area (Å²) in [6, 6.07) is 7.71. The Hall–Kier alpha value is -3.20. The van der Waals surface area contributed by atoms with Gasteiger partial charge in [-0.3, -0.25) is 4.79 Å². The van der Waals surface area contributed by atoms with E-state index in [0.717, 1.165) is 41.8 Å². The Bertz CT molecular complexity index is 1130. The first-order chi connectivity index (χ1) is 15.3. The van der Waals surface area contributed by atoms with Crippen LogP contribution in [0.4, 0.5) is 17.7 Å². The number of aryl methyl sites for hydroxylation is 1. The van der Waals surface area contributed by atoms with Crippen LogP contribution in [0.1, 0.15) is 37.7 Å². The zero-order valence-corrected chi connectivity index (χ0v) is 19.2. The number of anilines is 3. The van der Waals surface area contributed by atoms with Gasteiger partial charge in [-0.25, -0.2) is 4.98 Å². The lowest BCUT2D eigenvalue weighted by Gasteiger charge is -2.27. The number of para-hydroxylation sites is 1. The quantitative estimate of drug-likeness (QED) is 0.617. The van der Waals surface area contributed by atoms with Crippen molar-refractivity contribution >= 4 is 46.1 Å². The second kappa shape index (κ2) is 9.12. The first kappa shape index (κ1) is 22.0. The van der Waals surface area contributed by atoms with Gasteiger partial charge in [-0.1, -0.05) is 23.7 Å². The zero-order valence-electron chi connectivity index (χ0n) is 18.5. The topological polar surface area (TPSA) is 113 Å². The van der Waals surface area contributed by atoms with Gasteiger partial charge in [-0.2, -0.15) is 15.0 Å². The van der Waals surface area contributed by atoms with E-state index >= 15 is 0 Å². The van der Waals surface area contributed by atoms with Crippen LogP contribution in [-0.4, -0.2) is 56.9 Å². The minimum absolute atomic E-state index is 0.0967. The Labute approximate surface area is 192 Å². The minimum Gasteiger partial charge on any atom is -0.368 e. The van der Waals surface area contributed by atoms with Gasteiger partial charge in [-0.15, -0.1) is 0 Å². The van der Waals surface area contributed by atoms with Gasteiger partial charge in [0.25, 0.3) is 0 Å². The van der Waals surface area contributed by atoms with Crippen LogP contribution in [0.3, 0.4) is 0 Å². The number of halogens is 1. The lowest BCUT2D eigenvalue weighted by Crippen LogP contribution is -2.34. The van der Waals surface area contributed by atoms with Crippen molar-refractivity contribution in [2.75, 3.05) is 42.1 Å². The number of fused-ring (bicyclic) bond motifs is 1. The Morgan fingerprint density at radius 2 is 1.97 bits per heavy atom. The van der Waals surface area contributed by atoms with E-state index < -0.39 is 0 Å². The summed E-state index contributed by atoms with van der Waals surface area (Å²) < 4.78 is 0. The molecule has 0 aliphatic carbocycles. The highest BCUT2D eigenvalue weighted by atomic mass is 35.5. The second-order valence-corrected chi connectivity index (χ2v) is 8.40. The number of carbonyl (C=O) groups is 1. The molecule has 10 heteroatoms. The van der Waals surface area contributed by atoms with Crippen molar-refractivity contribution in [1.82, 2.24) is 24.8 Å². The van der Waals surface area contributed by atoms with Crippen LogP contribution in [0.15, 0.2) is 24.3 Å². The van der Waals surface area contributed by atoms with Gasteiger partial charge in [0.15, 0.2) is 0 Å². The molecule has 1 aliphatic rings. The highest BCUT2D eigenvalue weighted by Gasteiger charge is 2.23. The Morgan fingerprint density at radius 1 is 1.16 bits per heavy atom. The SMILES string of the molecule is CC(=O)N1CCCN(c2nc3c(Cl)cccc3cc2[C@H](C)Nc2nc(C)nc(N)n2)CC1. The third-order valence-corrected chi connectivity index (χ3v) is 5.93. The molecule has 9 nitrogen and oxygen atoms in total. The van der Waals surface area contributed by atoms with E-state index in [0.29, 0.717) is 29.9 Å². The normalized spacial score (nSPS) is 15.5. The van der Waals surface area contributed by atoms with E-state index in [4.69, 9.17) is 22.3 Å². The largest absolute Gasteiger partial charge is 0.368 e. The highest BCUT2D eigenvalue weighted by Crippen LogP contribution is 2.33. The number of nitrogen functional groups attached to an aromatic ring is 1. The lowest BCUT2D eigenvalue weighted by molar-refractivity contribution is -0.128. The summed E-state index contributed by atoms with van der Waals surface area (Å²) in [7, 11) is 0. The fraction of sp³-hybridized carbons (Fsp3) is 0.409. The third kappa shape index (κ3) is 4.67. The van der Waals surface area contributed by atoms with Crippen molar-refractivity contribution in [2.24, 2.45) is 0 Å². The van der Waals surface area contributed by atoms with Crippen LogP contribution in [-0.2, 0) is 4.79 Å². The predicted molar refractivity (Wildman–Crippen MR) is 127 cm³/mol. The number of amides is 1. The molecule has 168 valence electrons. The number of rotatable bonds is 4. The van der Waals surface area contributed by atoms with E-state index in [1.807, 2.05) is 30.0 Å². The Morgan fingerprint density at radius 3 is 2.72 bits per heavy atom. The molecule has 3 N–H and O–H groups in total. The van der Waals surface area contributed by atoms with Gasteiger partial charge < -0.3 is 20.9 Å². The van der Waals surface area contributed by atoms with Gasteiger partial charge in [0.05, 0.1) is 16.6 Å². The summed E-state index contributed by atoms with van der Waals surface area (Å²) in [6.45, 7) is 8.31. The number of pyridine rings is 1. The zero-order chi connectivity index (χ0) is 22.8. The summed E-state index contributed by atoms with van der Waals surface area (Å²) in [5.74, 6) is 2.08. The molecular weight excluding hydrogens is 428 g/mol. The van der Waals surface area contributed by atoms with Crippen molar-refractivity contribution in [3.8, 4) is 0 Å². The number of nitrogens with one attached hydrogen (secondary N) is 1. The Balaban J connectivity index is 1.73. The van der Waals surface area contributed by atoms with Crippen LogP contribution in [0.5, 0.6) is 0 Å². The van der Waals surface area contributed by atoms with Gasteiger partial charge in [0.2, 0.25) is 17.8 Å². The molecule has 32 heavy (non-hydrogen) atoms. The van der Waals surface area contributed by atoms with Crippen LogP contribution in [0.2, 0.25) is 5.02 Å². The number of nitrogens with zero attached hydrogens (tertiary/aromatic N) is 6. The molecule has 1 saturated heterocycles. The molecule has 1 aromatic carbocycles. The molecule has 0 unspecified atom stereocenters. The molecule has 4 rings (SSSR count). The molecule has 1 aliphatic heterocycles. The molecular formula is C22H27ClN8O. The molecule has 0 bridgehead atoms. The van der Waals surface area contributed by atoms with E-state index in [-0.39, 0.29) is 17.9 Å². The molecule has 0 radical (unpaired) electrons. The van der Waals surface area contributed by atoms with Gasteiger partial charge in [-0.05, 0) is 32.4 Å². The highest BCUT2D eigenvalue weighted by molar-refractivity contribution is 6.35. The molecule has 1 fully saturated rings. The fourth-order valence-electron chi connectivity index (χ4n) is 4.02. The first-order valence-corrected chi connectivity index (χ1v) is 11.0. The fourth-order valence-corrected chi connectivity index (χ4v) is 4.25. The molecule has 1 atom stereocenters. The van der Waals surface area contributed by atoms with Crippen molar-refractivity contribution in [1.29, 1.82) is 0 Å². The Kier molecular flexibility index (Phi) is 6.27. The first-order valence-electron chi connectivity index (χ1n) is 10.7. The summed E-state index contributed by atoms with van der Waals surface area (Å²) in [5.41, 5.74) is 7.55. The summed E-state index contributed by atoms with van der Waals surface area (Å²) >= 11 is 6.47. The number of nitrogens with two attached hydrogens (primary N) is 1. The smallest absolute Gasteiger partial charge is 0.228 e. The molecule has 3 heterocycles. The summed E-state index contributed by atoms with van der Waals surface area (Å²) in [5, 5.41) is 4.90. The van der Waals surface area contributed by atoms with Gasteiger partial charge in [0, 0.05) is 44.1 Å². The van der Waals surface area contributed by atoms with Crippen molar-refractivity contribution < 1.29 is 4.79 Å². The third-order valence-electron chi connectivity index (χ3n) is 5.62. The van der Waals surface area contributed by atoms with Crippen molar-refractivity contribution in [3.05, 3.63) is 40.7 Å². The standard InChI is InChI=1S/C22H27ClN8O/c1-13(25-22-27-14(2)26-21(24)29-22)17-12-16-6-4-7-18(23)19(16)28-20(17)31-9-5-8-30(10-11-31)15(3)32/h4,6-7,12-13H,5,8-11H2,1-3H3,(H3,24,25,26,27,29)/t13-/m0/s1. The molecule has 2 aromatic heterocycles. The molecule has 3 aromatic rings. The molecule has 0 saturated carbocycles. The maximum Gasteiger partial charge on any atom is 0.228 e. The van der Waals surface area contributed by atoms with Gasteiger partial charge >= 0.3 is 0 Å². The van der Waals surface area contributed by atoms with E-state index in [2.05, 4.69) is 31.2 Å². The maximum atomic E-state index is 11.9. The lowest BCUT2D eigenvalue weighted by atomic mass is 10.1. The van der Waals surface area contributed by atoms with Crippen LogP contribution in [0, 0.1) is 6.92 Å². The maximum absolute atomic E-state index is 11.9. The average Bonchev–Trinajstić information content (AvgIpc) is 2.99. The summed E-state index contributed by atoms with van der Waals surface area (Å²) in [6.07, 6.45) is 0.867. The number of carbonyl (C=O) groups excluding carboxylic acids is 1. The number of hydrogen-bond acceptors (Lipinski definition) is 8. The van der Waals surface area contributed by atoms with Crippen LogP contribution >= 0.6 is 11.6 Å². The number of benzene rings is 1. The van der Waals surface area contributed by atoms with Crippen molar-refractivity contribution in [3.63, 3.8) is 0 Å². The van der Waals surface area contributed by atoms with Crippen molar-refractivity contribution in [2.45, 2.75) is 33.2 Å². The monoisotopic (exact) mass is 454 g/mol. The number of aromatic nitrogens is 4.